The molecule has 4 fully saturated rings. The summed E-state index contributed by atoms with van der Waals surface area (Å²) >= 11 is 0. The molecule has 3 aliphatic carbocycles. The number of Topliss-reactive ketones (excluding diaryl/α,β-unsaturated/α-hetero) is 1. The van der Waals surface area contributed by atoms with Crippen molar-refractivity contribution in [2.24, 2.45) is 28.6 Å². The van der Waals surface area contributed by atoms with Gasteiger partial charge in [-0.25, -0.2) is 23.3 Å². The maximum absolute atomic E-state index is 15.0. The van der Waals surface area contributed by atoms with Crippen molar-refractivity contribution in [3.05, 3.63) is 58.8 Å². The molecule has 2 bridgehead atoms. The normalized spacial score (nSPS) is 27.7. The number of rotatable bonds is 14. The van der Waals surface area contributed by atoms with Crippen LogP contribution in [-0.4, -0.2) is 112 Å². The van der Waals surface area contributed by atoms with Gasteiger partial charge in [0.25, 0.3) is 0 Å². The van der Waals surface area contributed by atoms with E-state index in [9.17, 15) is 32.4 Å². The van der Waals surface area contributed by atoms with Crippen molar-refractivity contribution < 1.29 is 41.8 Å². The molecule has 3 aromatic rings. The van der Waals surface area contributed by atoms with Gasteiger partial charge >= 0.3 is 11.7 Å². The predicted molar refractivity (Wildman–Crippen MR) is 245 cm³/mol. The minimum Gasteiger partial charge on any atom is -0.492 e. The molecule has 2 aromatic heterocycles. The number of nitrogens with zero attached hydrogens (tertiary/aromatic N) is 4. The third kappa shape index (κ3) is 10.2. The summed E-state index contributed by atoms with van der Waals surface area (Å²) in [6.45, 7) is 12.6. The number of H-pyrrole nitrogens is 2. The molecule has 5 aliphatic rings. The van der Waals surface area contributed by atoms with Crippen LogP contribution >= 0.6 is 0 Å². The molecule has 4 heterocycles. The van der Waals surface area contributed by atoms with Crippen LogP contribution in [0.1, 0.15) is 116 Å². The molecule has 7 atom stereocenters. The van der Waals surface area contributed by atoms with E-state index in [-0.39, 0.29) is 49.9 Å². The first-order chi connectivity index (χ1) is 31.3. The second-order valence-corrected chi connectivity index (χ2v) is 23.0. The topological polar surface area (TPSA) is 223 Å². The summed E-state index contributed by atoms with van der Waals surface area (Å²) in [6, 6.07) is 6.67. The van der Waals surface area contributed by atoms with E-state index in [0.29, 0.717) is 68.4 Å². The lowest BCUT2D eigenvalue weighted by Gasteiger charge is -2.34. The quantitative estimate of drug-likeness (QED) is 0.108. The second-order valence-electron chi connectivity index (χ2n) is 20.8. The number of ketones is 1. The van der Waals surface area contributed by atoms with Crippen molar-refractivity contribution >= 4 is 44.5 Å². The fourth-order valence-corrected chi connectivity index (χ4v) is 11.1. The Labute approximate surface area is 386 Å². The Morgan fingerprint density at radius 3 is 2.58 bits per heavy atom. The number of fused-ring (bicyclic) bond motifs is 5. The fraction of sp³-hybridized carbons (Fsp3) is 0.646. The lowest BCUT2D eigenvalue weighted by Crippen LogP contribution is -2.49. The van der Waals surface area contributed by atoms with E-state index >= 15 is 0 Å². The lowest BCUT2D eigenvalue weighted by atomic mass is 9.77. The number of hydrogen-bond acceptors (Lipinski definition) is 13. The molecule has 1 saturated heterocycles. The van der Waals surface area contributed by atoms with Crippen molar-refractivity contribution in [2.45, 2.75) is 141 Å². The average Bonchev–Trinajstić information content (AvgIpc) is 4.21. The van der Waals surface area contributed by atoms with Crippen LogP contribution in [0.3, 0.4) is 0 Å². The van der Waals surface area contributed by atoms with Gasteiger partial charge in [0, 0.05) is 24.8 Å². The van der Waals surface area contributed by atoms with Gasteiger partial charge in [-0.1, -0.05) is 51.8 Å². The molecule has 358 valence electrons. The van der Waals surface area contributed by atoms with Gasteiger partial charge in [-0.15, -0.1) is 6.58 Å². The fourth-order valence-electron chi connectivity index (χ4n) is 9.80. The molecule has 3 N–H and O–H groups in total. The average molecular weight is 932 g/mol. The van der Waals surface area contributed by atoms with E-state index in [1.54, 1.807) is 13.0 Å². The standard InChI is InChI=1S/C48H65N7O10S/c1-7-30-25-48(30,44(59)53-66(61,62)47(5)18-19-47)26-37(56)36-23-31-27-55(36)43(58)34(46(2,3)4)24-40(57)65-38-22-29(38)14-9-8-10-16-33-41(32-15-11-12-17-35(32)49-42(33)64-31)63-21-13-20-54(6)28-39-50-45(60)52-51-39/h7,11-12,15,17,29-31,34,36,38H,1,8-10,13-14,16,18-28H2,2-6H3,(H,53,59)(H2,50,51,52,60)/t29-,30-,31-,34-,36+,38-,48-/m1/s1. The molecule has 0 unspecified atom stereocenters. The molecule has 1 aromatic carbocycles. The number of allylic oxidation sites excluding steroid dienone is 1. The number of benzene rings is 1. The van der Waals surface area contributed by atoms with Crippen LogP contribution in [0, 0.1) is 28.6 Å². The highest BCUT2D eigenvalue weighted by Gasteiger charge is 2.62. The van der Waals surface area contributed by atoms with Gasteiger partial charge in [0.15, 0.2) is 5.78 Å². The lowest BCUT2D eigenvalue weighted by molar-refractivity contribution is -0.154. The number of ether oxygens (including phenoxy) is 3. The molecule has 66 heavy (non-hydrogen) atoms. The first-order valence-corrected chi connectivity index (χ1v) is 25.0. The summed E-state index contributed by atoms with van der Waals surface area (Å²) in [5, 5.41) is 7.24. The Bertz CT molecular complexity index is 2530. The Morgan fingerprint density at radius 2 is 1.88 bits per heavy atom. The molecule has 2 aliphatic heterocycles. The van der Waals surface area contributed by atoms with Gasteiger partial charge in [0.2, 0.25) is 27.7 Å². The minimum atomic E-state index is -3.99. The number of aromatic amines is 2. The zero-order valence-electron chi connectivity index (χ0n) is 38.9. The Balaban J connectivity index is 1.10. The molecule has 3 saturated carbocycles. The zero-order valence-corrected chi connectivity index (χ0v) is 39.7. The third-order valence-electron chi connectivity index (χ3n) is 14.5. The van der Waals surface area contributed by atoms with E-state index in [1.807, 2.05) is 57.0 Å². The summed E-state index contributed by atoms with van der Waals surface area (Å²) in [5.41, 5.74) is -0.936. The van der Waals surface area contributed by atoms with Crippen LogP contribution in [0.4, 0.5) is 0 Å². The third-order valence-corrected chi connectivity index (χ3v) is 16.7. The van der Waals surface area contributed by atoms with Gasteiger partial charge < -0.3 is 19.1 Å². The Hall–Kier alpha value is -5.10. The first-order valence-electron chi connectivity index (χ1n) is 23.6. The van der Waals surface area contributed by atoms with Crippen molar-refractivity contribution in [1.82, 2.24) is 34.7 Å². The van der Waals surface area contributed by atoms with E-state index < -0.39 is 73.1 Å². The number of amides is 2. The van der Waals surface area contributed by atoms with Crippen molar-refractivity contribution in [1.29, 1.82) is 0 Å². The number of pyridine rings is 1. The number of esters is 1. The van der Waals surface area contributed by atoms with E-state index in [0.717, 1.165) is 43.1 Å². The number of nitrogens with one attached hydrogen (secondary N) is 3. The summed E-state index contributed by atoms with van der Waals surface area (Å²) in [5.74, 6) is -1.42. The second kappa shape index (κ2) is 18.5. The maximum Gasteiger partial charge on any atom is 0.340 e. The van der Waals surface area contributed by atoms with Crippen LogP contribution < -0.4 is 19.9 Å². The molecule has 0 spiro atoms. The summed E-state index contributed by atoms with van der Waals surface area (Å²) < 4.78 is 47.2. The number of carbonyl (C=O) groups is 4. The largest absolute Gasteiger partial charge is 0.492 e. The van der Waals surface area contributed by atoms with Crippen LogP contribution in [0.2, 0.25) is 0 Å². The predicted octanol–water partition coefficient (Wildman–Crippen LogP) is 5.15. The number of aromatic nitrogens is 4. The van der Waals surface area contributed by atoms with Crippen molar-refractivity contribution in [3.8, 4) is 11.6 Å². The number of carbonyl (C=O) groups excluding carboxylic acids is 4. The first kappa shape index (κ1) is 47.4. The Kier molecular flexibility index (Phi) is 13.3. The van der Waals surface area contributed by atoms with Gasteiger partial charge in [0.05, 0.1) is 59.3 Å². The molecular weight excluding hydrogens is 867 g/mol. The number of para-hydroxylation sites is 1. The number of hydrogen-bond donors (Lipinski definition) is 3. The molecule has 0 radical (unpaired) electrons. The maximum atomic E-state index is 15.0. The van der Waals surface area contributed by atoms with Crippen LogP contribution in [0.15, 0.2) is 41.7 Å². The highest BCUT2D eigenvalue weighted by Crippen LogP contribution is 2.57. The van der Waals surface area contributed by atoms with E-state index in [2.05, 4.69) is 26.5 Å². The van der Waals surface area contributed by atoms with E-state index in [4.69, 9.17) is 19.2 Å². The summed E-state index contributed by atoms with van der Waals surface area (Å²) in [6.07, 6.45) is 7.05. The molecule has 2 amide bonds. The molecular formula is C48H65N7O10S. The SMILES string of the molecule is C=C[C@@H]1C[C@]1(CC(=O)[C@@H]1C[C@@H]2CN1C(=O)[C@H](C(C)(C)C)CC(=O)O[C@@H]1C[C@H]1CCCCCc1c(nc3ccccc3c1OCCCN(C)Cc1n[nH]c(=O)[nH]1)O2)C(=O)NS(=O)(=O)C1(C)CC1. The highest BCUT2D eigenvalue weighted by molar-refractivity contribution is 7.91. The van der Waals surface area contributed by atoms with Gasteiger partial charge in [-0.3, -0.25) is 33.8 Å². The summed E-state index contributed by atoms with van der Waals surface area (Å²) in [7, 11) is -2.04. The molecule has 8 rings (SSSR count). The molecule has 18 heteroatoms. The monoisotopic (exact) mass is 931 g/mol. The van der Waals surface area contributed by atoms with Gasteiger partial charge in [0.1, 0.15) is 23.8 Å². The Morgan fingerprint density at radius 1 is 1.11 bits per heavy atom. The summed E-state index contributed by atoms with van der Waals surface area (Å²) in [4.78, 5) is 80.1. The van der Waals surface area contributed by atoms with Crippen LogP contribution in [0.5, 0.6) is 11.6 Å². The van der Waals surface area contributed by atoms with Crippen molar-refractivity contribution in [2.75, 3.05) is 26.7 Å². The van der Waals surface area contributed by atoms with Crippen LogP contribution in [0.25, 0.3) is 10.9 Å². The minimum absolute atomic E-state index is 0.0100. The van der Waals surface area contributed by atoms with E-state index in [1.165, 1.54) is 4.90 Å². The number of sulfonamides is 1. The van der Waals surface area contributed by atoms with Gasteiger partial charge in [-0.2, -0.15) is 5.10 Å². The highest BCUT2D eigenvalue weighted by atomic mass is 32.2. The van der Waals surface area contributed by atoms with Crippen LogP contribution in [-0.2, 0) is 46.9 Å². The van der Waals surface area contributed by atoms with Gasteiger partial charge in [-0.05, 0) is 94.7 Å². The zero-order chi connectivity index (χ0) is 47.2. The van der Waals surface area contributed by atoms with Crippen molar-refractivity contribution in [3.63, 3.8) is 0 Å². The smallest absolute Gasteiger partial charge is 0.340 e. The molecule has 17 nitrogen and oxygen atoms in total.